The van der Waals surface area contributed by atoms with Crippen molar-refractivity contribution < 1.29 is 125 Å². The second-order valence-corrected chi connectivity index (χ2v) is 15.9. The van der Waals surface area contributed by atoms with Crippen LogP contribution in [-0.4, -0.2) is 185 Å². The first-order valence-electron chi connectivity index (χ1n) is 30.2. The lowest BCUT2D eigenvalue weighted by Gasteiger charge is -2.01. The fraction of sp³-hybridized carbons (Fsp3) is 0.621. The number of hydrogen-bond acceptors (Lipinski definition) is 26. The van der Waals surface area contributed by atoms with Gasteiger partial charge in [0.05, 0.1) is 116 Å². The van der Waals surface area contributed by atoms with Gasteiger partial charge in [-0.1, -0.05) is 65.2 Å². The fourth-order valence-corrected chi connectivity index (χ4v) is 3.94. The Hall–Kier alpha value is -7.81. The van der Waals surface area contributed by atoms with Gasteiger partial charge in [-0.25, -0.2) is 33.6 Å². The first-order valence-corrected chi connectivity index (χ1v) is 30.2. The van der Waals surface area contributed by atoms with Crippen molar-refractivity contribution >= 4 is 65.7 Å². The molecule has 4 N–H and O–H groups in total. The average Bonchev–Trinajstić information content (AvgIpc) is 3.72. The summed E-state index contributed by atoms with van der Waals surface area (Å²) in [6, 6.07) is 0. The van der Waals surface area contributed by atoms with Gasteiger partial charge in [-0.15, -0.1) is 0 Å². The van der Waals surface area contributed by atoms with E-state index in [0.717, 1.165) is 25.3 Å². The summed E-state index contributed by atoms with van der Waals surface area (Å²) in [7, 11) is 0. The fourth-order valence-electron chi connectivity index (χ4n) is 3.94. The number of aliphatic hydroxyl groups is 4. The Morgan fingerprint density at radius 3 is 1.02 bits per heavy atom. The second kappa shape index (κ2) is 91.9. The van der Waals surface area contributed by atoms with Gasteiger partial charge in [0.15, 0.2) is 0 Å². The van der Waals surface area contributed by atoms with Crippen LogP contribution in [0.1, 0.15) is 177 Å². The molecule has 0 fully saturated rings. The standard InChI is InChI=1S/C7H12O4.C7H12O3.C7H12O2.C7H14O2.C6H10O3.C6H10O2.C6H12O2.C6H10O2.C5H10O2.C5H8O2.C4H8O2/c1-2-11-7(10)6(5-9)3-4-8;1-3-6(5-8)7(9)10-4-2;1-4-6(3)7(8)9-5-2;1-3-5-6-7(8)9-4-2;1-3-9-6(8)5(2)4-7;1-4-8-6(7)5(2)3;2*1-3-5-6(7)8-4-2;2*1-3-5(6)7-4-2;1-3-6-4(2)5/h3,8-9H,2,4-5H2,1H3;3,8H,4-5H2,1-2H3;4H,5H2,1-3H3;3-6H2,1-2H3;7H,2-4H2,1H3;2,4H2,1,3H3;3-5H2,1-2H3;3,5H,4H2,1-2H3;3-4H2,1-2H3;3H,1,4H2,2H3;3H2,1-2H3/b2*6-3+;6-4+;;;;;5-3+;;;. The van der Waals surface area contributed by atoms with Crippen LogP contribution < -0.4 is 0 Å². The summed E-state index contributed by atoms with van der Waals surface area (Å²) in [5.74, 6) is -3.20. The summed E-state index contributed by atoms with van der Waals surface area (Å²) in [6.45, 7) is 48.5. The topological polar surface area (TPSA) is 370 Å². The van der Waals surface area contributed by atoms with Crippen LogP contribution in [0.4, 0.5) is 0 Å². The summed E-state index contributed by atoms with van der Waals surface area (Å²) in [5, 5.41) is 33.8. The average molecular weight is 1330 g/mol. The second-order valence-electron chi connectivity index (χ2n) is 15.9. The predicted molar refractivity (Wildman–Crippen MR) is 352 cm³/mol. The Kier molecular flexibility index (Phi) is 109. The highest BCUT2D eigenvalue weighted by atomic mass is 16.6. The van der Waals surface area contributed by atoms with Gasteiger partial charge in [-0.3, -0.25) is 19.2 Å². The predicted octanol–water partition coefficient (Wildman–Crippen LogP) is 9.17. The van der Waals surface area contributed by atoms with Crippen molar-refractivity contribution in [1.29, 1.82) is 0 Å². The van der Waals surface area contributed by atoms with Crippen LogP contribution in [0.3, 0.4) is 0 Å². The van der Waals surface area contributed by atoms with E-state index >= 15 is 0 Å². The zero-order valence-corrected chi connectivity index (χ0v) is 59.2. The van der Waals surface area contributed by atoms with E-state index in [1.807, 2.05) is 27.7 Å². The Morgan fingerprint density at radius 1 is 0.391 bits per heavy atom. The monoisotopic (exact) mass is 1330 g/mol. The number of esters is 11. The van der Waals surface area contributed by atoms with Gasteiger partial charge in [-0.2, -0.15) is 0 Å². The van der Waals surface area contributed by atoms with Crippen LogP contribution in [0.2, 0.25) is 0 Å². The van der Waals surface area contributed by atoms with Crippen molar-refractivity contribution in [2.24, 2.45) is 0 Å². The zero-order chi connectivity index (χ0) is 74.1. The summed E-state index contributed by atoms with van der Waals surface area (Å²) in [6.07, 6.45) is 13.2. The first-order chi connectivity index (χ1) is 43.4. The number of unbranched alkanes of at least 4 members (excludes halogenated alkanes) is 1. The molecule has 0 aliphatic carbocycles. The normalized spacial score (nSPS) is 9.46. The molecule has 0 aromatic heterocycles. The van der Waals surface area contributed by atoms with E-state index in [0.29, 0.717) is 102 Å². The van der Waals surface area contributed by atoms with E-state index in [9.17, 15) is 52.7 Å². The lowest BCUT2D eigenvalue weighted by atomic mass is 10.3. The number of rotatable bonds is 28. The Bertz CT molecular complexity index is 2030. The minimum atomic E-state index is -0.580. The summed E-state index contributed by atoms with van der Waals surface area (Å²) >= 11 is 0. The molecule has 0 aromatic carbocycles. The maximum atomic E-state index is 10.8. The highest BCUT2D eigenvalue weighted by molar-refractivity contribution is 5.90. The Balaban J connectivity index is -0.0000000875. The molecule has 0 saturated heterocycles. The van der Waals surface area contributed by atoms with Gasteiger partial charge in [-0.05, 0) is 130 Å². The molecule has 92 heavy (non-hydrogen) atoms. The minimum absolute atomic E-state index is 0.0700. The Morgan fingerprint density at radius 2 is 0.761 bits per heavy atom. The third-order valence-corrected chi connectivity index (χ3v) is 8.29. The molecular formula is C66H118O26. The summed E-state index contributed by atoms with van der Waals surface area (Å²) < 4.78 is 50.2. The molecule has 0 amide bonds. The van der Waals surface area contributed by atoms with Crippen molar-refractivity contribution in [2.45, 2.75) is 177 Å². The van der Waals surface area contributed by atoms with Gasteiger partial charge in [0, 0.05) is 49.5 Å². The molecule has 0 heterocycles. The molecule has 0 bridgehead atoms. The van der Waals surface area contributed by atoms with Gasteiger partial charge >= 0.3 is 65.7 Å². The van der Waals surface area contributed by atoms with Gasteiger partial charge in [0.2, 0.25) is 0 Å². The zero-order valence-electron chi connectivity index (χ0n) is 59.2. The van der Waals surface area contributed by atoms with Crippen LogP contribution in [0.15, 0.2) is 84.1 Å². The van der Waals surface area contributed by atoms with Crippen molar-refractivity contribution in [2.75, 3.05) is 99.1 Å². The molecular weight excluding hydrogens is 1210 g/mol. The smallest absolute Gasteiger partial charge is 0.336 e. The molecule has 0 aromatic rings. The van der Waals surface area contributed by atoms with E-state index in [1.165, 1.54) is 25.2 Å². The van der Waals surface area contributed by atoms with E-state index in [2.05, 4.69) is 74.0 Å². The van der Waals surface area contributed by atoms with Gasteiger partial charge in [0.1, 0.15) is 0 Å². The number of hydrogen-bond donors (Lipinski definition) is 4. The van der Waals surface area contributed by atoms with Crippen LogP contribution in [-0.2, 0) is 105 Å². The molecule has 0 saturated carbocycles. The number of aliphatic hydroxyl groups excluding tert-OH is 4. The van der Waals surface area contributed by atoms with Crippen molar-refractivity contribution in [3.8, 4) is 0 Å². The molecule has 0 radical (unpaired) electrons. The van der Waals surface area contributed by atoms with E-state index < -0.39 is 24.5 Å². The van der Waals surface area contributed by atoms with Crippen LogP contribution in [0, 0.1) is 0 Å². The van der Waals surface area contributed by atoms with E-state index in [4.69, 9.17) is 25.2 Å². The molecule has 538 valence electrons. The molecule has 0 atom stereocenters. The maximum Gasteiger partial charge on any atom is 0.336 e. The van der Waals surface area contributed by atoms with Crippen LogP contribution in [0.25, 0.3) is 0 Å². The molecule has 26 nitrogen and oxygen atoms in total. The minimum Gasteiger partial charge on any atom is -0.466 e. The molecule has 0 rings (SSSR count). The third kappa shape index (κ3) is 104. The van der Waals surface area contributed by atoms with E-state index in [1.54, 1.807) is 109 Å². The highest BCUT2D eigenvalue weighted by Gasteiger charge is 2.08. The molecule has 0 spiro atoms. The van der Waals surface area contributed by atoms with Gasteiger partial charge < -0.3 is 72.5 Å². The van der Waals surface area contributed by atoms with Crippen molar-refractivity contribution in [3.05, 3.63) is 84.1 Å². The first kappa shape index (κ1) is 109. The molecule has 0 aliphatic heterocycles. The maximum absolute atomic E-state index is 10.8. The van der Waals surface area contributed by atoms with Crippen LogP contribution in [0.5, 0.6) is 0 Å². The van der Waals surface area contributed by atoms with Crippen molar-refractivity contribution in [3.63, 3.8) is 0 Å². The van der Waals surface area contributed by atoms with Crippen molar-refractivity contribution in [1.82, 2.24) is 0 Å². The quantitative estimate of drug-likeness (QED) is 0.0322. The molecule has 0 aliphatic rings. The lowest BCUT2D eigenvalue weighted by Crippen LogP contribution is -2.11. The third-order valence-electron chi connectivity index (χ3n) is 8.29. The number of carbonyl (C=O) groups is 11. The van der Waals surface area contributed by atoms with Gasteiger partial charge in [0.25, 0.3) is 0 Å². The summed E-state index contributed by atoms with van der Waals surface area (Å²) in [4.78, 5) is 115. The highest BCUT2D eigenvalue weighted by Crippen LogP contribution is 1.99. The summed E-state index contributed by atoms with van der Waals surface area (Å²) in [5.41, 5.74) is 1.61. The number of ether oxygens (including phenoxy) is 11. The van der Waals surface area contributed by atoms with Crippen LogP contribution >= 0.6 is 0 Å². The number of allylic oxidation sites excluding steroid dienone is 3. The lowest BCUT2D eigenvalue weighted by molar-refractivity contribution is -0.144. The molecule has 26 heteroatoms. The SMILES string of the molecule is C/C=C(\C)C(=O)OCC.C/C=C(\CO)C(=O)OCC.C/C=C/C(=O)OCC.C=C(C)C(=O)OCC.C=C(CO)C(=O)OCC.C=CC(=O)OCC.CCCC(=O)OCC.CCCCC(=O)OCC.CCOC(=O)/C(=C/CO)CO.CCOC(=O)CC.CCOC(C)=O. The number of carbonyl (C=O) groups excluding carboxylic acids is 11. The Labute approximate surface area is 549 Å². The molecule has 0 unspecified atom stereocenters. The largest absolute Gasteiger partial charge is 0.466 e. The van der Waals surface area contributed by atoms with E-state index in [-0.39, 0.29) is 85.3 Å².